The summed E-state index contributed by atoms with van der Waals surface area (Å²) in [6, 6.07) is 18.5. The molecule has 3 rings (SSSR count). The van der Waals surface area contributed by atoms with E-state index in [-0.39, 0.29) is 24.0 Å². The highest BCUT2D eigenvalue weighted by atomic mass is 127. The van der Waals surface area contributed by atoms with Gasteiger partial charge in [0.05, 0.1) is 13.7 Å². The molecule has 162 valence electrons. The average molecular weight is 523 g/mol. The smallest absolute Gasteiger partial charge is 0.411 e. The van der Waals surface area contributed by atoms with Crippen LogP contribution in [-0.4, -0.2) is 44.8 Å². The van der Waals surface area contributed by atoms with Gasteiger partial charge in [-0.15, -0.1) is 24.0 Å². The lowest BCUT2D eigenvalue weighted by molar-refractivity contribution is 0.187. The second-order valence-electron chi connectivity index (χ2n) is 6.92. The van der Waals surface area contributed by atoms with Gasteiger partial charge in [-0.1, -0.05) is 30.3 Å². The summed E-state index contributed by atoms with van der Waals surface area (Å²) in [7, 11) is 1.34. The molecule has 1 aliphatic rings. The van der Waals surface area contributed by atoms with Crippen LogP contribution in [0.3, 0.4) is 0 Å². The van der Waals surface area contributed by atoms with Crippen molar-refractivity contribution < 1.29 is 9.53 Å². The summed E-state index contributed by atoms with van der Waals surface area (Å²) in [4.78, 5) is 18.4. The molecule has 0 bridgehead atoms. The molecule has 2 aromatic rings. The SMILES string of the molecule is CCNC(=NCc1ccc(NC(=O)OC)cc1)NC1CCN(c2ccccc2)C1.I. The van der Waals surface area contributed by atoms with Gasteiger partial charge in [0.15, 0.2) is 5.96 Å². The number of nitrogens with zero attached hydrogens (tertiary/aromatic N) is 2. The Bertz CT molecular complexity index is 814. The Morgan fingerprint density at radius 3 is 2.57 bits per heavy atom. The predicted molar refractivity (Wildman–Crippen MR) is 133 cm³/mol. The molecule has 8 heteroatoms. The Kier molecular flexibility index (Phi) is 9.72. The molecule has 3 N–H and O–H groups in total. The number of nitrogens with one attached hydrogen (secondary N) is 3. The third-order valence-electron chi connectivity index (χ3n) is 4.80. The predicted octanol–water partition coefficient (Wildman–Crippen LogP) is 3.82. The maximum Gasteiger partial charge on any atom is 0.411 e. The number of benzene rings is 2. The molecule has 0 aliphatic carbocycles. The number of ether oxygens (including phenoxy) is 1. The summed E-state index contributed by atoms with van der Waals surface area (Å²) in [6.45, 7) is 5.43. The fourth-order valence-corrected chi connectivity index (χ4v) is 3.30. The molecule has 1 heterocycles. The second-order valence-corrected chi connectivity index (χ2v) is 6.92. The minimum atomic E-state index is -0.476. The minimum absolute atomic E-state index is 0. The van der Waals surface area contributed by atoms with Gasteiger partial charge in [-0.25, -0.2) is 9.79 Å². The first-order valence-corrected chi connectivity index (χ1v) is 9.96. The molecule has 1 unspecified atom stereocenters. The molecule has 2 aromatic carbocycles. The van der Waals surface area contributed by atoms with Crippen molar-refractivity contribution in [2.75, 3.05) is 37.0 Å². The van der Waals surface area contributed by atoms with Gasteiger partial charge in [-0.05, 0) is 43.2 Å². The van der Waals surface area contributed by atoms with Crippen LogP contribution in [0.1, 0.15) is 18.9 Å². The largest absolute Gasteiger partial charge is 0.453 e. The molecule has 1 aliphatic heterocycles. The number of hydrogen-bond acceptors (Lipinski definition) is 4. The van der Waals surface area contributed by atoms with Crippen LogP contribution in [0.15, 0.2) is 59.6 Å². The van der Waals surface area contributed by atoms with Crippen LogP contribution >= 0.6 is 24.0 Å². The lowest BCUT2D eigenvalue weighted by Crippen LogP contribution is -2.44. The number of anilines is 2. The lowest BCUT2D eigenvalue weighted by atomic mass is 10.2. The topological polar surface area (TPSA) is 78.0 Å². The standard InChI is InChI=1S/C22H29N5O2.HI/c1-3-23-21(24-15-17-9-11-18(12-10-17)26-22(28)29-2)25-19-13-14-27(16-19)20-7-5-4-6-8-20;/h4-12,19H,3,13-16H2,1-2H3,(H,26,28)(H2,23,24,25);1H. The van der Waals surface area contributed by atoms with E-state index >= 15 is 0 Å². The van der Waals surface area contributed by atoms with Gasteiger partial charge in [0.1, 0.15) is 0 Å². The van der Waals surface area contributed by atoms with E-state index < -0.39 is 6.09 Å². The number of hydrogen-bond donors (Lipinski definition) is 3. The number of methoxy groups -OCH3 is 1. The molecule has 7 nitrogen and oxygen atoms in total. The number of rotatable bonds is 6. The van der Waals surface area contributed by atoms with Crippen molar-refractivity contribution in [3.05, 3.63) is 60.2 Å². The molecule has 0 aromatic heterocycles. The molecule has 0 radical (unpaired) electrons. The van der Waals surface area contributed by atoms with E-state index in [2.05, 4.69) is 56.8 Å². The van der Waals surface area contributed by atoms with E-state index in [9.17, 15) is 4.79 Å². The van der Waals surface area contributed by atoms with E-state index in [4.69, 9.17) is 4.99 Å². The summed E-state index contributed by atoms with van der Waals surface area (Å²) >= 11 is 0. The molecule has 1 atom stereocenters. The fourth-order valence-electron chi connectivity index (χ4n) is 3.30. The van der Waals surface area contributed by atoms with Gasteiger partial charge in [-0.3, -0.25) is 5.32 Å². The molecular weight excluding hydrogens is 493 g/mol. The Morgan fingerprint density at radius 2 is 1.90 bits per heavy atom. The molecule has 1 saturated heterocycles. The van der Waals surface area contributed by atoms with Gasteiger partial charge in [0.2, 0.25) is 0 Å². The Morgan fingerprint density at radius 1 is 1.17 bits per heavy atom. The molecule has 1 fully saturated rings. The second kappa shape index (κ2) is 12.3. The average Bonchev–Trinajstić information content (AvgIpc) is 3.22. The molecule has 30 heavy (non-hydrogen) atoms. The van der Waals surface area contributed by atoms with Crippen LogP contribution in [0.2, 0.25) is 0 Å². The van der Waals surface area contributed by atoms with E-state index in [1.165, 1.54) is 12.8 Å². The van der Waals surface area contributed by atoms with Gasteiger partial charge >= 0.3 is 6.09 Å². The van der Waals surface area contributed by atoms with Crippen LogP contribution in [0.5, 0.6) is 0 Å². The monoisotopic (exact) mass is 523 g/mol. The molecule has 1 amide bonds. The number of guanidine groups is 1. The van der Waals surface area contributed by atoms with Gasteiger partial charge in [0.25, 0.3) is 0 Å². The van der Waals surface area contributed by atoms with Crippen LogP contribution in [0.25, 0.3) is 0 Å². The number of amides is 1. The molecule has 0 spiro atoms. The van der Waals surface area contributed by atoms with Crippen LogP contribution in [-0.2, 0) is 11.3 Å². The van der Waals surface area contributed by atoms with Gasteiger partial charge < -0.3 is 20.3 Å². The maximum atomic E-state index is 11.3. The van der Waals surface area contributed by atoms with E-state index in [0.29, 0.717) is 18.3 Å². The molecular formula is C22H30IN5O2. The van der Waals surface area contributed by atoms with Gasteiger partial charge in [0, 0.05) is 37.1 Å². The lowest BCUT2D eigenvalue weighted by Gasteiger charge is -2.20. The van der Waals surface area contributed by atoms with E-state index in [1.807, 2.05) is 30.3 Å². The zero-order chi connectivity index (χ0) is 20.5. The number of carbonyl (C=O) groups excluding carboxylic acids is 1. The van der Waals surface area contributed by atoms with Crippen LogP contribution in [0, 0.1) is 0 Å². The quantitative estimate of drug-likeness (QED) is 0.305. The van der Waals surface area contributed by atoms with Crippen molar-refractivity contribution in [1.82, 2.24) is 10.6 Å². The maximum absolute atomic E-state index is 11.3. The zero-order valence-electron chi connectivity index (χ0n) is 17.4. The summed E-state index contributed by atoms with van der Waals surface area (Å²) in [5.41, 5.74) is 3.02. The first-order chi connectivity index (χ1) is 14.2. The Balaban J connectivity index is 0.00000320. The Labute approximate surface area is 195 Å². The summed E-state index contributed by atoms with van der Waals surface area (Å²) < 4.78 is 4.60. The minimum Gasteiger partial charge on any atom is -0.453 e. The zero-order valence-corrected chi connectivity index (χ0v) is 19.8. The van der Waals surface area contributed by atoms with Crippen LogP contribution in [0.4, 0.5) is 16.2 Å². The third-order valence-corrected chi connectivity index (χ3v) is 4.80. The fraction of sp³-hybridized carbons (Fsp3) is 0.364. The highest BCUT2D eigenvalue weighted by Gasteiger charge is 2.23. The van der Waals surface area contributed by atoms with Crippen LogP contribution < -0.4 is 20.9 Å². The van der Waals surface area contributed by atoms with Gasteiger partial charge in [-0.2, -0.15) is 0 Å². The van der Waals surface area contributed by atoms with E-state index in [0.717, 1.165) is 37.6 Å². The van der Waals surface area contributed by atoms with Crippen molar-refractivity contribution >= 4 is 47.4 Å². The Hall–Kier alpha value is -2.49. The first-order valence-electron chi connectivity index (χ1n) is 9.96. The summed E-state index contributed by atoms with van der Waals surface area (Å²) in [5.74, 6) is 0.823. The van der Waals surface area contributed by atoms with Crippen molar-refractivity contribution in [1.29, 1.82) is 0 Å². The summed E-state index contributed by atoms with van der Waals surface area (Å²) in [6.07, 6.45) is 0.600. The summed E-state index contributed by atoms with van der Waals surface area (Å²) in [5, 5.41) is 9.53. The van der Waals surface area contributed by atoms with Crippen molar-refractivity contribution in [2.24, 2.45) is 4.99 Å². The van der Waals surface area contributed by atoms with Crippen molar-refractivity contribution in [3.63, 3.8) is 0 Å². The highest BCUT2D eigenvalue weighted by Crippen LogP contribution is 2.19. The molecule has 0 saturated carbocycles. The van der Waals surface area contributed by atoms with E-state index in [1.54, 1.807) is 0 Å². The van der Waals surface area contributed by atoms with Crippen molar-refractivity contribution in [3.8, 4) is 0 Å². The normalized spacial score (nSPS) is 15.9. The number of para-hydroxylation sites is 1. The highest BCUT2D eigenvalue weighted by molar-refractivity contribution is 14.0. The third kappa shape index (κ3) is 7.08. The number of carbonyl (C=O) groups is 1. The number of aliphatic imine (C=N–C) groups is 1. The van der Waals surface area contributed by atoms with Crippen molar-refractivity contribution in [2.45, 2.75) is 25.9 Å². The number of halogens is 1. The first kappa shape index (κ1) is 23.8.